The van der Waals surface area contributed by atoms with Crippen molar-refractivity contribution in [3.05, 3.63) is 70.3 Å². The van der Waals surface area contributed by atoms with E-state index < -0.39 is 17.7 Å². The molecule has 2 fully saturated rings. The molecule has 0 aliphatic carbocycles. The Morgan fingerprint density at radius 1 is 1.12 bits per heavy atom. The molecule has 34 heavy (non-hydrogen) atoms. The number of hydrogen-bond acceptors (Lipinski definition) is 6. The van der Waals surface area contributed by atoms with Crippen LogP contribution in [0.1, 0.15) is 30.5 Å². The van der Waals surface area contributed by atoms with E-state index >= 15 is 0 Å². The van der Waals surface area contributed by atoms with Crippen molar-refractivity contribution in [2.24, 2.45) is 0 Å². The largest absolute Gasteiger partial charge is 0.507 e. The maximum absolute atomic E-state index is 13.2. The molecular weight excluding hydrogens is 456 g/mol. The zero-order valence-electron chi connectivity index (χ0n) is 19.2. The first kappa shape index (κ1) is 24.3. The number of nitrogens with zero attached hydrogens (tertiary/aromatic N) is 2. The topological polar surface area (TPSA) is 79.3 Å². The van der Waals surface area contributed by atoms with Crippen LogP contribution >= 0.6 is 11.6 Å². The van der Waals surface area contributed by atoms with Gasteiger partial charge in [0.25, 0.3) is 11.7 Å². The van der Waals surface area contributed by atoms with Crippen molar-refractivity contribution in [1.82, 2.24) is 9.80 Å². The van der Waals surface area contributed by atoms with E-state index in [4.69, 9.17) is 21.1 Å². The van der Waals surface area contributed by atoms with Gasteiger partial charge in [-0.05, 0) is 36.2 Å². The molecule has 1 atom stereocenters. The summed E-state index contributed by atoms with van der Waals surface area (Å²) < 4.78 is 11.1. The minimum atomic E-state index is -0.710. The van der Waals surface area contributed by atoms with E-state index in [1.165, 1.54) is 0 Å². The minimum Gasteiger partial charge on any atom is -0.507 e. The molecule has 0 aromatic heterocycles. The van der Waals surface area contributed by atoms with Gasteiger partial charge in [-0.25, -0.2) is 0 Å². The Hall–Kier alpha value is -2.87. The molecule has 7 nitrogen and oxygen atoms in total. The molecule has 2 aliphatic heterocycles. The number of aliphatic hydroxyl groups is 1. The maximum atomic E-state index is 13.2. The number of amides is 1. The van der Waals surface area contributed by atoms with Gasteiger partial charge in [-0.1, -0.05) is 42.8 Å². The van der Waals surface area contributed by atoms with Gasteiger partial charge in [-0.15, -0.1) is 0 Å². The summed E-state index contributed by atoms with van der Waals surface area (Å²) in [6.07, 6.45) is 0.848. The van der Waals surface area contributed by atoms with Crippen molar-refractivity contribution in [3.8, 4) is 5.75 Å². The summed E-state index contributed by atoms with van der Waals surface area (Å²) in [5, 5.41) is 11.8. The zero-order chi connectivity index (χ0) is 24.1. The normalized spacial score (nSPS) is 20.6. The first-order valence-electron chi connectivity index (χ1n) is 11.6. The lowest BCUT2D eigenvalue weighted by Gasteiger charge is -2.31. The second-order valence-corrected chi connectivity index (χ2v) is 8.81. The van der Waals surface area contributed by atoms with Crippen LogP contribution in [0.5, 0.6) is 5.75 Å². The number of Topliss-reactive ketones (excluding diaryl/α,β-unsaturated/α-hetero) is 1. The Labute approximate surface area is 204 Å². The smallest absolute Gasteiger partial charge is 0.295 e. The molecule has 180 valence electrons. The average molecular weight is 485 g/mol. The van der Waals surface area contributed by atoms with Crippen molar-refractivity contribution in [2.45, 2.75) is 19.4 Å². The summed E-state index contributed by atoms with van der Waals surface area (Å²) in [6, 6.07) is 13.2. The average Bonchev–Trinajstić information content (AvgIpc) is 3.12. The number of ketones is 1. The van der Waals surface area contributed by atoms with Gasteiger partial charge in [0.05, 0.1) is 31.4 Å². The SMILES string of the molecule is CCCOc1cccc(/C(O)=C2\C(=O)C(=O)N(CCN3CCOCC3)C2c2ccc(Cl)cc2)c1. The third-order valence-electron chi connectivity index (χ3n) is 6.07. The molecule has 0 spiro atoms. The number of ether oxygens (including phenoxy) is 2. The molecule has 0 saturated carbocycles. The summed E-state index contributed by atoms with van der Waals surface area (Å²) in [4.78, 5) is 30.1. The Morgan fingerprint density at radius 3 is 2.56 bits per heavy atom. The van der Waals surface area contributed by atoms with Crippen molar-refractivity contribution in [1.29, 1.82) is 0 Å². The highest BCUT2D eigenvalue weighted by atomic mass is 35.5. The quantitative estimate of drug-likeness (QED) is 0.348. The van der Waals surface area contributed by atoms with Crippen molar-refractivity contribution in [2.75, 3.05) is 46.0 Å². The lowest BCUT2D eigenvalue weighted by molar-refractivity contribution is -0.140. The molecule has 2 aliphatic rings. The number of aliphatic hydroxyl groups excluding tert-OH is 1. The van der Waals surface area contributed by atoms with E-state index in [2.05, 4.69) is 4.90 Å². The number of carbonyl (C=O) groups excluding carboxylic acids is 2. The van der Waals surface area contributed by atoms with E-state index in [0.717, 1.165) is 19.5 Å². The number of rotatable bonds is 8. The second kappa shape index (κ2) is 11.0. The van der Waals surface area contributed by atoms with Crippen molar-refractivity contribution in [3.63, 3.8) is 0 Å². The highest BCUT2D eigenvalue weighted by Crippen LogP contribution is 2.40. The van der Waals surface area contributed by atoms with Gasteiger partial charge in [0, 0.05) is 36.8 Å². The van der Waals surface area contributed by atoms with Crippen LogP contribution < -0.4 is 4.74 Å². The van der Waals surface area contributed by atoms with Gasteiger partial charge >= 0.3 is 0 Å². The number of likely N-dealkylation sites (tertiary alicyclic amines) is 1. The molecule has 4 rings (SSSR count). The fourth-order valence-corrected chi connectivity index (χ4v) is 4.41. The predicted molar refractivity (Wildman–Crippen MR) is 130 cm³/mol. The molecule has 1 amide bonds. The van der Waals surface area contributed by atoms with E-state index in [-0.39, 0.29) is 11.3 Å². The van der Waals surface area contributed by atoms with Crippen LogP contribution in [0.4, 0.5) is 0 Å². The monoisotopic (exact) mass is 484 g/mol. The highest BCUT2D eigenvalue weighted by Gasteiger charge is 2.46. The van der Waals surface area contributed by atoms with Gasteiger partial charge in [-0.3, -0.25) is 14.5 Å². The highest BCUT2D eigenvalue weighted by molar-refractivity contribution is 6.46. The molecule has 2 saturated heterocycles. The molecule has 1 N–H and O–H groups in total. The van der Waals surface area contributed by atoms with E-state index in [1.54, 1.807) is 53.4 Å². The third kappa shape index (κ3) is 5.27. The van der Waals surface area contributed by atoms with Crippen molar-refractivity contribution < 1.29 is 24.2 Å². The molecular formula is C26H29ClN2O5. The fourth-order valence-electron chi connectivity index (χ4n) is 4.28. The fraction of sp³-hybridized carbons (Fsp3) is 0.385. The number of benzene rings is 2. The van der Waals surface area contributed by atoms with Crippen LogP contribution in [0.15, 0.2) is 54.1 Å². The summed E-state index contributed by atoms with van der Waals surface area (Å²) in [5.41, 5.74) is 1.21. The molecule has 8 heteroatoms. The second-order valence-electron chi connectivity index (χ2n) is 8.37. The van der Waals surface area contributed by atoms with Crippen LogP contribution in [0, 0.1) is 0 Å². The lowest BCUT2D eigenvalue weighted by Crippen LogP contribution is -2.42. The van der Waals surface area contributed by atoms with E-state index in [1.807, 2.05) is 6.92 Å². The molecule has 1 unspecified atom stereocenters. The predicted octanol–water partition coefficient (Wildman–Crippen LogP) is 3.88. The molecule has 2 aromatic rings. The standard InChI is InChI=1S/C26H29ClN2O5/c1-2-14-34-21-5-3-4-19(17-21)24(30)22-23(18-6-8-20(27)9-7-18)29(26(32)25(22)31)11-10-28-12-15-33-16-13-28/h3-9,17,23,30H,2,10-16H2,1H3/b24-22+. The molecule has 0 radical (unpaired) electrons. The van der Waals surface area contributed by atoms with E-state index in [9.17, 15) is 14.7 Å². The number of hydrogen-bond donors (Lipinski definition) is 1. The number of halogens is 1. The third-order valence-corrected chi connectivity index (χ3v) is 6.32. The van der Waals surface area contributed by atoms with Gasteiger partial charge in [0.1, 0.15) is 11.5 Å². The van der Waals surface area contributed by atoms with Crippen LogP contribution in [0.2, 0.25) is 5.02 Å². The first-order chi connectivity index (χ1) is 16.5. The zero-order valence-corrected chi connectivity index (χ0v) is 20.0. The summed E-state index contributed by atoms with van der Waals surface area (Å²) in [7, 11) is 0. The van der Waals surface area contributed by atoms with Crippen LogP contribution in [-0.4, -0.2) is 72.6 Å². The summed E-state index contributed by atoms with van der Waals surface area (Å²) in [6.45, 7) is 6.37. The molecule has 2 heterocycles. The maximum Gasteiger partial charge on any atom is 0.295 e. The summed E-state index contributed by atoms with van der Waals surface area (Å²) >= 11 is 6.09. The molecule has 0 bridgehead atoms. The lowest BCUT2D eigenvalue weighted by atomic mass is 9.95. The van der Waals surface area contributed by atoms with Crippen LogP contribution in [-0.2, 0) is 14.3 Å². The number of carbonyl (C=O) groups is 2. The van der Waals surface area contributed by atoms with Crippen LogP contribution in [0.3, 0.4) is 0 Å². The van der Waals surface area contributed by atoms with Gasteiger partial charge < -0.3 is 19.5 Å². The van der Waals surface area contributed by atoms with Gasteiger partial charge in [0.2, 0.25) is 0 Å². The Kier molecular flexibility index (Phi) is 7.88. The number of morpholine rings is 1. The van der Waals surface area contributed by atoms with E-state index in [0.29, 0.717) is 54.8 Å². The Balaban J connectivity index is 1.71. The van der Waals surface area contributed by atoms with Crippen LogP contribution in [0.25, 0.3) is 5.76 Å². The van der Waals surface area contributed by atoms with Gasteiger partial charge in [-0.2, -0.15) is 0 Å². The molecule has 2 aromatic carbocycles. The summed E-state index contributed by atoms with van der Waals surface area (Å²) in [5.74, 6) is -0.933. The van der Waals surface area contributed by atoms with Gasteiger partial charge in [0.15, 0.2) is 0 Å². The first-order valence-corrected chi connectivity index (χ1v) is 11.9. The van der Waals surface area contributed by atoms with Crippen molar-refractivity contribution >= 4 is 29.1 Å². The minimum absolute atomic E-state index is 0.0712. The Morgan fingerprint density at radius 2 is 1.85 bits per heavy atom. The Bertz CT molecular complexity index is 1060.